The van der Waals surface area contributed by atoms with Gasteiger partial charge in [-0.2, -0.15) is 0 Å². The Morgan fingerprint density at radius 1 is 0.415 bits per heavy atom. The van der Waals surface area contributed by atoms with E-state index in [4.69, 9.17) is 0 Å². The number of nitrogens with zero attached hydrogens (tertiary/aromatic N) is 2. The maximum absolute atomic E-state index is 2.62. The van der Waals surface area contributed by atoms with Crippen LogP contribution in [0.5, 0.6) is 0 Å². The van der Waals surface area contributed by atoms with Crippen LogP contribution in [-0.2, 0) is 19.5 Å². The molecule has 1 aromatic heterocycles. The van der Waals surface area contributed by atoms with Crippen LogP contribution >= 0.6 is 0 Å². The fraction of sp³-hybridized carbons (Fsp3) is 0.923. The average molecular weight is 574 g/mol. The van der Waals surface area contributed by atoms with Gasteiger partial charge in [-0.05, 0) is 32.1 Å². The minimum atomic E-state index is 1.22. The minimum Gasteiger partial charge on any atom is -0.234 e. The molecule has 0 saturated heterocycles. The first-order chi connectivity index (χ1) is 20.3. The first kappa shape index (κ1) is 38.2. The summed E-state index contributed by atoms with van der Waals surface area (Å²) in [5.74, 6) is 1.61. The number of rotatable bonds is 33. The summed E-state index contributed by atoms with van der Waals surface area (Å²) in [7, 11) is 0. The van der Waals surface area contributed by atoms with E-state index < -0.39 is 0 Å². The smallest absolute Gasteiger partial charge is 0.234 e. The molecule has 0 amide bonds. The lowest BCUT2D eigenvalue weighted by Gasteiger charge is -2.07. The molecule has 1 heterocycles. The van der Waals surface area contributed by atoms with Gasteiger partial charge in [-0.3, -0.25) is 0 Å². The van der Waals surface area contributed by atoms with Crippen LogP contribution in [0.4, 0.5) is 0 Å². The number of aryl methyl sites for hydroxylation is 2. The number of hydrogen-bond acceptors (Lipinski definition) is 0. The summed E-state index contributed by atoms with van der Waals surface area (Å²) in [4.78, 5) is 0. The fourth-order valence-electron chi connectivity index (χ4n) is 6.50. The van der Waals surface area contributed by atoms with Crippen LogP contribution in [0.15, 0.2) is 12.4 Å². The number of aromatic nitrogens is 2. The SMILES string of the molecule is CCCCCCCCCCCCCCCCc1n(CCCCC)cc[n+]1CCCCCCCCCCCCCCC. The van der Waals surface area contributed by atoms with Crippen molar-refractivity contribution < 1.29 is 4.57 Å². The predicted octanol–water partition coefficient (Wildman–Crippen LogP) is 13.1. The molecule has 41 heavy (non-hydrogen) atoms. The summed E-state index contributed by atoms with van der Waals surface area (Å²) in [6.07, 6.45) is 49.0. The van der Waals surface area contributed by atoms with Crippen LogP contribution in [0.1, 0.15) is 219 Å². The lowest BCUT2D eigenvalue weighted by Crippen LogP contribution is -2.37. The van der Waals surface area contributed by atoms with Crippen LogP contribution in [-0.4, -0.2) is 4.57 Å². The van der Waals surface area contributed by atoms with Crippen molar-refractivity contribution in [3.8, 4) is 0 Å². The van der Waals surface area contributed by atoms with Crippen molar-refractivity contribution in [1.82, 2.24) is 4.57 Å². The second kappa shape index (κ2) is 30.7. The number of hydrogen-bond donors (Lipinski definition) is 0. The van der Waals surface area contributed by atoms with Gasteiger partial charge in [0, 0.05) is 6.42 Å². The summed E-state index contributed by atoms with van der Waals surface area (Å²) in [6.45, 7) is 9.38. The summed E-state index contributed by atoms with van der Waals surface area (Å²) < 4.78 is 5.22. The normalized spacial score (nSPS) is 11.6. The summed E-state index contributed by atoms with van der Waals surface area (Å²) in [5.41, 5.74) is 0. The van der Waals surface area contributed by atoms with Gasteiger partial charge >= 0.3 is 0 Å². The molecule has 0 aliphatic carbocycles. The number of imidazole rings is 1. The first-order valence-corrected chi connectivity index (χ1v) is 19.4. The van der Waals surface area contributed by atoms with Crippen LogP contribution < -0.4 is 4.57 Å². The van der Waals surface area contributed by atoms with Crippen LogP contribution in [0, 0.1) is 0 Å². The zero-order chi connectivity index (χ0) is 29.5. The maximum Gasteiger partial charge on any atom is 0.256 e. The highest BCUT2D eigenvalue weighted by Gasteiger charge is 2.16. The van der Waals surface area contributed by atoms with Crippen molar-refractivity contribution in [3.63, 3.8) is 0 Å². The van der Waals surface area contributed by atoms with Gasteiger partial charge in [0.05, 0.1) is 13.1 Å². The molecular formula is C39H77N2+. The maximum atomic E-state index is 2.62. The highest BCUT2D eigenvalue weighted by Crippen LogP contribution is 2.15. The Hall–Kier alpha value is -0.790. The molecule has 0 saturated carbocycles. The van der Waals surface area contributed by atoms with E-state index in [1.54, 1.807) is 5.82 Å². The van der Waals surface area contributed by atoms with Crippen LogP contribution in [0.25, 0.3) is 0 Å². The van der Waals surface area contributed by atoms with Crippen molar-refractivity contribution in [1.29, 1.82) is 0 Å². The van der Waals surface area contributed by atoms with Gasteiger partial charge in [0.15, 0.2) is 0 Å². The van der Waals surface area contributed by atoms with Gasteiger partial charge in [-0.15, -0.1) is 0 Å². The van der Waals surface area contributed by atoms with Gasteiger partial charge in [0.1, 0.15) is 12.4 Å². The molecule has 1 rings (SSSR count). The predicted molar refractivity (Wildman–Crippen MR) is 184 cm³/mol. The Bertz CT molecular complexity index is 634. The van der Waals surface area contributed by atoms with E-state index in [1.165, 1.54) is 212 Å². The molecule has 0 aliphatic heterocycles. The molecule has 2 nitrogen and oxygen atoms in total. The zero-order valence-corrected chi connectivity index (χ0v) is 28.9. The van der Waals surface area contributed by atoms with Crippen molar-refractivity contribution in [2.75, 3.05) is 0 Å². The molecular weight excluding hydrogens is 496 g/mol. The van der Waals surface area contributed by atoms with Gasteiger partial charge in [-0.25, -0.2) is 9.13 Å². The second-order valence-electron chi connectivity index (χ2n) is 13.4. The Balaban J connectivity index is 2.14. The lowest BCUT2D eigenvalue weighted by molar-refractivity contribution is -0.704. The van der Waals surface area contributed by atoms with E-state index in [-0.39, 0.29) is 0 Å². The van der Waals surface area contributed by atoms with Crippen molar-refractivity contribution in [3.05, 3.63) is 18.2 Å². The van der Waals surface area contributed by atoms with Crippen molar-refractivity contribution in [2.24, 2.45) is 0 Å². The monoisotopic (exact) mass is 574 g/mol. The topological polar surface area (TPSA) is 8.81 Å². The van der Waals surface area contributed by atoms with Gasteiger partial charge in [0.25, 0.3) is 5.82 Å². The molecule has 0 bridgehead atoms. The molecule has 0 unspecified atom stereocenters. The minimum absolute atomic E-state index is 1.22. The highest BCUT2D eigenvalue weighted by molar-refractivity contribution is 4.84. The van der Waals surface area contributed by atoms with E-state index in [0.29, 0.717) is 0 Å². The third-order valence-corrected chi connectivity index (χ3v) is 9.35. The summed E-state index contributed by atoms with van der Waals surface area (Å²) >= 11 is 0. The first-order valence-electron chi connectivity index (χ1n) is 19.4. The van der Waals surface area contributed by atoms with Crippen LogP contribution in [0.3, 0.4) is 0 Å². The third kappa shape index (κ3) is 23.4. The quantitative estimate of drug-likeness (QED) is 0.0584. The van der Waals surface area contributed by atoms with E-state index in [2.05, 4.69) is 42.3 Å². The Morgan fingerprint density at radius 3 is 1.17 bits per heavy atom. The third-order valence-electron chi connectivity index (χ3n) is 9.35. The van der Waals surface area contributed by atoms with Gasteiger partial charge < -0.3 is 0 Å². The van der Waals surface area contributed by atoms with Crippen molar-refractivity contribution in [2.45, 2.75) is 233 Å². The fourth-order valence-corrected chi connectivity index (χ4v) is 6.50. The molecule has 0 atom stereocenters. The number of unbranched alkanes of at least 4 members (excludes halogenated alkanes) is 27. The summed E-state index contributed by atoms with van der Waals surface area (Å²) in [5, 5.41) is 0. The molecule has 0 spiro atoms. The van der Waals surface area contributed by atoms with E-state index in [0.717, 1.165) is 0 Å². The lowest BCUT2D eigenvalue weighted by atomic mass is 10.0. The average Bonchev–Trinajstić information content (AvgIpc) is 3.36. The largest absolute Gasteiger partial charge is 0.256 e. The molecule has 0 aliphatic rings. The van der Waals surface area contributed by atoms with Crippen molar-refractivity contribution >= 4 is 0 Å². The van der Waals surface area contributed by atoms with Gasteiger partial charge in [-0.1, -0.05) is 181 Å². The molecule has 1 aromatic rings. The summed E-state index contributed by atoms with van der Waals surface area (Å²) in [6, 6.07) is 0. The zero-order valence-electron chi connectivity index (χ0n) is 28.9. The standard InChI is InChI=1S/C39H77N2/c1-4-7-10-12-14-16-18-20-21-23-25-27-29-31-34-39-40(35-32-9-6-3)37-38-41(39)36-33-30-28-26-24-22-19-17-15-13-11-8-5-2/h37-38H,4-36H2,1-3H3/q+1. The molecule has 2 heteroatoms. The van der Waals surface area contributed by atoms with Crippen LogP contribution in [0.2, 0.25) is 0 Å². The molecule has 0 fully saturated rings. The Labute approximate surface area is 259 Å². The molecule has 0 aromatic carbocycles. The van der Waals surface area contributed by atoms with E-state index in [1.807, 2.05) is 0 Å². The molecule has 242 valence electrons. The van der Waals surface area contributed by atoms with E-state index >= 15 is 0 Å². The Morgan fingerprint density at radius 2 is 0.756 bits per heavy atom. The molecule has 0 radical (unpaired) electrons. The van der Waals surface area contributed by atoms with E-state index in [9.17, 15) is 0 Å². The highest BCUT2D eigenvalue weighted by atomic mass is 15.1. The van der Waals surface area contributed by atoms with Gasteiger partial charge in [0.2, 0.25) is 0 Å². The Kier molecular flexibility index (Phi) is 28.6. The second-order valence-corrected chi connectivity index (χ2v) is 13.4. The molecule has 0 N–H and O–H groups in total.